The highest BCUT2D eigenvalue weighted by molar-refractivity contribution is 6.39. The molecule has 0 spiro atoms. The molecule has 160 valence electrons. The van der Waals surface area contributed by atoms with Crippen molar-refractivity contribution in [3.8, 4) is 11.4 Å². The molecule has 1 heterocycles. The third-order valence-corrected chi connectivity index (χ3v) is 4.76. The number of amides is 2. The van der Waals surface area contributed by atoms with Crippen LogP contribution >= 0.6 is 0 Å². The minimum Gasteiger partial charge on any atom is -0.494 e. The first-order valence-electron chi connectivity index (χ1n) is 10.0. The molecule has 0 radical (unpaired) electrons. The number of nitrogens with one attached hydrogen (secondary N) is 2. The smallest absolute Gasteiger partial charge is 0.329 e. The van der Waals surface area contributed by atoms with E-state index in [1.165, 1.54) is 11.8 Å². The van der Waals surface area contributed by atoms with Crippen LogP contribution in [0.5, 0.6) is 5.75 Å². The molecule has 2 N–H and O–H groups in total. The first kappa shape index (κ1) is 21.8. The molecule has 0 atom stereocenters. The number of aromatic nitrogens is 1. The van der Waals surface area contributed by atoms with E-state index in [4.69, 9.17) is 4.74 Å². The summed E-state index contributed by atoms with van der Waals surface area (Å²) >= 11 is 0. The maximum absolute atomic E-state index is 12.1. The van der Waals surface area contributed by atoms with E-state index in [-0.39, 0.29) is 0 Å². The van der Waals surface area contributed by atoms with Gasteiger partial charge in [0.1, 0.15) is 5.75 Å². The van der Waals surface area contributed by atoms with Crippen molar-refractivity contribution in [1.82, 2.24) is 9.99 Å². The van der Waals surface area contributed by atoms with E-state index in [9.17, 15) is 9.59 Å². The van der Waals surface area contributed by atoms with Crippen molar-refractivity contribution < 1.29 is 14.3 Å². The van der Waals surface area contributed by atoms with Crippen molar-refractivity contribution in [1.29, 1.82) is 0 Å². The fraction of sp³-hybridized carbons (Fsp3) is 0.208. The first-order chi connectivity index (χ1) is 14.9. The Kier molecular flexibility index (Phi) is 6.87. The molecule has 0 bridgehead atoms. The largest absolute Gasteiger partial charge is 0.494 e. The van der Waals surface area contributed by atoms with Crippen LogP contribution < -0.4 is 15.5 Å². The summed E-state index contributed by atoms with van der Waals surface area (Å²) in [6, 6.07) is 17.0. The Hall–Kier alpha value is -3.87. The fourth-order valence-corrected chi connectivity index (χ4v) is 3.21. The summed E-state index contributed by atoms with van der Waals surface area (Å²) in [5.41, 5.74) is 7.89. The lowest BCUT2D eigenvalue weighted by Gasteiger charge is -2.09. The van der Waals surface area contributed by atoms with Crippen LogP contribution in [0.1, 0.15) is 29.4 Å². The molecule has 7 heteroatoms. The molecule has 3 rings (SSSR count). The van der Waals surface area contributed by atoms with Gasteiger partial charge in [-0.1, -0.05) is 17.7 Å². The van der Waals surface area contributed by atoms with Crippen molar-refractivity contribution in [3.63, 3.8) is 0 Å². The molecular weight excluding hydrogens is 392 g/mol. The molecule has 2 amide bonds. The van der Waals surface area contributed by atoms with Gasteiger partial charge in [-0.05, 0) is 70.2 Å². The van der Waals surface area contributed by atoms with Gasteiger partial charge in [-0.2, -0.15) is 5.10 Å². The number of hydrogen-bond acceptors (Lipinski definition) is 4. The van der Waals surface area contributed by atoms with E-state index in [2.05, 4.69) is 44.7 Å². The van der Waals surface area contributed by atoms with Crippen LogP contribution in [-0.2, 0) is 9.59 Å². The van der Waals surface area contributed by atoms with E-state index >= 15 is 0 Å². The molecule has 2 aromatic carbocycles. The van der Waals surface area contributed by atoms with Crippen molar-refractivity contribution in [2.75, 3.05) is 11.9 Å². The molecule has 0 aliphatic heterocycles. The SMILES string of the molecule is CCOc1ccc(NC(=O)C(=O)N/N=C\c2cc(C)n(-c3ccc(C)cc3)c2C)cc1. The van der Waals surface area contributed by atoms with Crippen molar-refractivity contribution >= 4 is 23.7 Å². The average molecular weight is 418 g/mol. The molecule has 0 saturated carbocycles. The normalized spacial score (nSPS) is 10.8. The predicted molar refractivity (Wildman–Crippen MR) is 122 cm³/mol. The van der Waals surface area contributed by atoms with Crippen molar-refractivity contribution in [2.24, 2.45) is 5.10 Å². The summed E-state index contributed by atoms with van der Waals surface area (Å²) in [6.07, 6.45) is 1.54. The second-order valence-electron chi connectivity index (χ2n) is 7.11. The number of anilines is 1. The summed E-state index contributed by atoms with van der Waals surface area (Å²) in [7, 11) is 0. The van der Waals surface area contributed by atoms with Gasteiger partial charge in [-0.15, -0.1) is 0 Å². The lowest BCUT2D eigenvalue weighted by Crippen LogP contribution is -2.32. The van der Waals surface area contributed by atoms with Gasteiger partial charge in [0.05, 0.1) is 12.8 Å². The minimum absolute atomic E-state index is 0.495. The highest BCUT2D eigenvalue weighted by Crippen LogP contribution is 2.20. The molecule has 31 heavy (non-hydrogen) atoms. The van der Waals surface area contributed by atoms with Crippen molar-refractivity contribution in [2.45, 2.75) is 27.7 Å². The number of ether oxygens (including phenoxy) is 1. The van der Waals surface area contributed by atoms with Crippen LogP contribution in [0.3, 0.4) is 0 Å². The quantitative estimate of drug-likeness (QED) is 0.362. The highest BCUT2D eigenvalue weighted by Gasteiger charge is 2.13. The summed E-state index contributed by atoms with van der Waals surface area (Å²) in [5, 5.41) is 6.47. The Morgan fingerprint density at radius 3 is 2.32 bits per heavy atom. The highest BCUT2D eigenvalue weighted by atomic mass is 16.5. The number of benzene rings is 2. The van der Waals surface area contributed by atoms with Gasteiger partial charge in [-0.25, -0.2) is 5.43 Å². The molecule has 3 aromatic rings. The van der Waals surface area contributed by atoms with Crippen LogP contribution in [0.25, 0.3) is 5.69 Å². The summed E-state index contributed by atoms with van der Waals surface area (Å²) in [5.74, 6) is -0.957. The Morgan fingerprint density at radius 2 is 1.68 bits per heavy atom. The number of rotatable bonds is 6. The number of hydrogen-bond donors (Lipinski definition) is 2. The number of aryl methyl sites for hydroxylation is 2. The molecule has 0 fully saturated rings. The van der Waals surface area contributed by atoms with E-state index < -0.39 is 11.8 Å². The summed E-state index contributed by atoms with van der Waals surface area (Å²) < 4.78 is 7.46. The van der Waals surface area contributed by atoms with Crippen LogP contribution in [0.2, 0.25) is 0 Å². The molecular formula is C24H26N4O3. The van der Waals surface area contributed by atoms with Gasteiger partial charge in [-0.3, -0.25) is 9.59 Å². The molecule has 0 aliphatic carbocycles. The standard InChI is InChI=1S/C24H26N4O3/c1-5-31-22-12-8-20(9-13-22)26-23(29)24(30)27-25-15-19-14-17(3)28(18(19)4)21-10-6-16(2)7-11-21/h6-15H,5H2,1-4H3,(H,26,29)(H,27,30)/b25-15-. The van der Waals surface area contributed by atoms with E-state index in [1.807, 2.05) is 33.8 Å². The molecule has 0 unspecified atom stereocenters. The zero-order valence-electron chi connectivity index (χ0n) is 18.1. The minimum atomic E-state index is -0.850. The predicted octanol–water partition coefficient (Wildman–Crippen LogP) is 3.89. The Bertz CT molecular complexity index is 1100. The second-order valence-corrected chi connectivity index (χ2v) is 7.11. The van der Waals surface area contributed by atoms with Crippen LogP contribution in [0.15, 0.2) is 59.7 Å². The van der Waals surface area contributed by atoms with Gasteiger partial charge >= 0.3 is 11.8 Å². The third-order valence-electron chi connectivity index (χ3n) is 4.76. The lowest BCUT2D eigenvalue weighted by molar-refractivity contribution is -0.136. The second kappa shape index (κ2) is 9.75. The number of carbonyl (C=O) groups is 2. The Balaban J connectivity index is 1.62. The molecule has 7 nitrogen and oxygen atoms in total. The van der Waals surface area contributed by atoms with Gasteiger partial charge < -0.3 is 14.6 Å². The summed E-state index contributed by atoms with van der Waals surface area (Å²) in [4.78, 5) is 24.1. The maximum atomic E-state index is 12.1. The first-order valence-corrected chi connectivity index (χ1v) is 10.0. The van der Waals surface area contributed by atoms with Crippen LogP contribution in [0, 0.1) is 20.8 Å². The number of hydrazone groups is 1. The Morgan fingerprint density at radius 1 is 1.00 bits per heavy atom. The molecule has 1 aromatic heterocycles. The maximum Gasteiger partial charge on any atom is 0.329 e. The van der Waals surface area contributed by atoms with Gasteiger partial charge in [0.15, 0.2) is 0 Å². The molecule has 0 saturated heterocycles. The molecule has 0 aliphatic rings. The number of carbonyl (C=O) groups excluding carboxylic acids is 2. The average Bonchev–Trinajstić information content (AvgIpc) is 3.03. The van der Waals surface area contributed by atoms with E-state index in [1.54, 1.807) is 24.3 Å². The topological polar surface area (TPSA) is 84.7 Å². The third kappa shape index (κ3) is 5.39. The van der Waals surface area contributed by atoms with Gasteiger partial charge in [0.25, 0.3) is 0 Å². The lowest BCUT2D eigenvalue weighted by atomic mass is 10.2. The van der Waals surface area contributed by atoms with Gasteiger partial charge in [0, 0.05) is 28.3 Å². The van der Waals surface area contributed by atoms with Crippen LogP contribution in [0.4, 0.5) is 5.69 Å². The van der Waals surface area contributed by atoms with Gasteiger partial charge in [0.2, 0.25) is 0 Å². The Labute approximate surface area is 181 Å². The zero-order chi connectivity index (χ0) is 22.4. The fourth-order valence-electron chi connectivity index (χ4n) is 3.21. The number of nitrogens with zero attached hydrogens (tertiary/aromatic N) is 2. The van der Waals surface area contributed by atoms with Crippen LogP contribution in [-0.4, -0.2) is 29.2 Å². The summed E-state index contributed by atoms with van der Waals surface area (Å²) in [6.45, 7) is 8.48. The van der Waals surface area contributed by atoms with Crippen molar-refractivity contribution in [3.05, 3.63) is 77.1 Å². The monoisotopic (exact) mass is 418 g/mol. The van der Waals surface area contributed by atoms with E-state index in [0.717, 1.165) is 22.6 Å². The van der Waals surface area contributed by atoms with E-state index in [0.29, 0.717) is 18.0 Å². The zero-order valence-corrected chi connectivity index (χ0v) is 18.1.